The maximum atomic E-state index is 11.7. The Labute approximate surface area is 136 Å². The number of hydrogen-bond donors (Lipinski definition) is 3. The van der Waals surface area contributed by atoms with Gasteiger partial charge in [0.1, 0.15) is 0 Å². The monoisotopic (exact) mass is 321 g/mol. The first kappa shape index (κ1) is 14.2. The van der Waals surface area contributed by atoms with Gasteiger partial charge in [0.25, 0.3) is 5.56 Å². The highest BCUT2D eigenvalue weighted by Crippen LogP contribution is 2.20. The summed E-state index contributed by atoms with van der Waals surface area (Å²) in [5.74, 6) is 1.13. The van der Waals surface area contributed by atoms with Crippen LogP contribution in [0.1, 0.15) is 6.92 Å². The van der Waals surface area contributed by atoms with E-state index in [0.717, 1.165) is 22.2 Å². The normalized spacial score (nSPS) is 11.0. The van der Waals surface area contributed by atoms with Crippen LogP contribution in [0.4, 0.5) is 11.6 Å². The van der Waals surface area contributed by atoms with Crippen LogP contribution in [0.5, 0.6) is 0 Å². The van der Waals surface area contributed by atoms with Crippen LogP contribution in [0.15, 0.2) is 47.5 Å². The summed E-state index contributed by atoms with van der Waals surface area (Å²) in [4.78, 5) is 14.8. The molecule has 1 aromatic carbocycles. The summed E-state index contributed by atoms with van der Waals surface area (Å²) < 4.78 is 1.62. The summed E-state index contributed by atoms with van der Waals surface area (Å²) >= 11 is 0. The third-order valence-corrected chi connectivity index (χ3v) is 3.79. The van der Waals surface area contributed by atoms with Crippen LogP contribution >= 0.6 is 0 Å². The molecule has 0 spiro atoms. The fraction of sp³-hybridized carbons (Fsp3) is 0.125. The molecule has 0 unspecified atom stereocenters. The van der Waals surface area contributed by atoms with E-state index in [9.17, 15) is 4.79 Å². The fourth-order valence-corrected chi connectivity index (χ4v) is 2.52. The minimum atomic E-state index is -0.0347. The minimum Gasteiger partial charge on any atom is -0.324 e. The van der Waals surface area contributed by atoms with Crippen molar-refractivity contribution in [2.75, 3.05) is 5.32 Å². The Balaban J connectivity index is 1.61. The van der Waals surface area contributed by atoms with Gasteiger partial charge < -0.3 is 14.9 Å². The quantitative estimate of drug-likeness (QED) is 0.535. The van der Waals surface area contributed by atoms with E-state index in [0.29, 0.717) is 18.3 Å². The molecule has 0 saturated carbocycles. The van der Waals surface area contributed by atoms with Crippen LogP contribution in [0.2, 0.25) is 0 Å². The van der Waals surface area contributed by atoms with E-state index in [2.05, 4.69) is 30.7 Å². The van der Waals surface area contributed by atoms with Crippen molar-refractivity contribution < 1.29 is 0 Å². The summed E-state index contributed by atoms with van der Waals surface area (Å²) in [7, 11) is 0. The fourth-order valence-electron chi connectivity index (χ4n) is 2.52. The SMILES string of the molecule is CCn1cc(-c2nnc(Nc3ccc4[nH]ncc4c3)[nH]2)ccc1=O. The maximum absolute atomic E-state index is 11.7. The Morgan fingerprint density at radius 2 is 2.12 bits per heavy atom. The summed E-state index contributed by atoms with van der Waals surface area (Å²) in [5, 5.41) is 19.3. The molecule has 3 N–H and O–H groups in total. The van der Waals surface area contributed by atoms with Gasteiger partial charge in [0, 0.05) is 35.4 Å². The highest BCUT2D eigenvalue weighted by atomic mass is 16.1. The van der Waals surface area contributed by atoms with Crippen LogP contribution in [-0.4, -0.2) is 29.9 Å². The highest BCUT2D eigenvalue weighted by Gasteiger charge is 2.07. The average Bonchev–Trinajstić information content (AvgIpc) is 3.24. The summed E-state index contributed by atoms with van der Waals surface area (Å²) in [6, 6.07) is 9.11. The predicted molar refractivity (Wildman–Crippen MR) is 91.1 cm³/mol. The predicted octanol–water partition coefficient (Wildman–Crippen LogP) is 2.27. The van der Waals surface area contributed by atoms with Crippen molar-refractivity contribution in [1.82, 2.24) is 29.9 Å². The Kier molecular flexibility index (Phi) is 3.34. The van der Waals surface area contributed by atoms with Crippen molar-refractivity contribution in [2.24, 2.45) is 0 Å². The number of benzene rings is 1. The van der Waals surface area contributed by atoms with Gasteiger partial charge >= 0.3 is 0 Å². The van der Waals surface area contributed by atoms with Gasteiger partial charge in [-0.05, 0) is 31.2 Å². The van der Waals surface area contributed by atoms with E-state index in [-0.39, 0.29) is 5.56 Å². The molecule has 8 heteroatoms. The topological polar surface area (TPSA) is 104 Å². The molecule has 0 radical (unpaired) electrons. The molecule has 3 aromatic heterocycles. The molecule has 4 aromatic rings. The molecular formula is C16H15N7O. The van der Waals surface area contributed by atoms with Crippen LogP contribution in [0, 0.1) is 0 Å². The molecular weight excluding hydrogens is 306 g/mol. The van der Waals surface area contributed by atoms with Crippen LogP contribution < -0.4 is 10.9 Å². The zero-order chi connectivity index (χ0) is 16.5. The molecule has 0 aliphatic carbocycles. The van der Waals surface area contributed by atoms with Crippen LogP contribution in [-0.2, 0) is 6.54 Å². The van der Waals surface area contributed by atoms with E-state index in [1.807, 2.05) is 25.1 Å². The molecule has 0 amide bonds. The molecule has 4 rings (SSSR count). The van der Waals surface area contributed by atoms with E-state index in [1.54, 1.807) is 23.0 Å². The highest BCUT2D eigenvalue weighted by molar-refractivity contribution is 5.82. The van der Waals surface area contributed by atoms with Crippen molar-refractivity contribution in [3.05, 3.63) is 53.1 Å². The number of rotatable bonds is 4. The first-order chi connectivity index (χ1) is 11.7. The Hall–Kier alpha value is -3.42. The van der Waals surface area contributed by atoms with Gasteiger partial charge in [0.2, 0.25) is 5.95 Å². The lowest BCUT2D eigenvalue weighted by atomic mass is 10.2. The standard InChI is InChI=1S/C16H15N7O/c1-2-23-9-10(3-6-14(23)24)15-19-16(22-21-15)18-12-4-5-13-11(7-12)8-17-20-13/h3-9H,2H2,1H3,(H,17,20)(H2,18,19,21,22). The van der Waals surface area contributed by atoms with E-state index in [1.165, 1.54) is 6.07 Å². The number of nitrogens with zero attached hydrogens (tertiary/aromatic N) is 4. The molecule has 8 nitrogen and oxygen atoms in total. The van der Waals surface area contributed by atoms with Crippen molar-refractivity contribution in [3.8, 4) is 11.4 Å². The van der Waals surface area contributed by atoms with Crippen molar-refractivity contribution >= 4 is 22.5 Å². The maximum Gasteiger partial charge on any atom is 0.250 e. The Bertz CT molecular complexity index is 1060. The second kappa shape index (κ2) is 5.65. The average molecular weight is 321 g/mol. The Morgan fingerprint density at radius 3 is 3.00 bits per heavy atom. The number of aromatic amines is 2. The smallest absolute Gasteiger partial charge is 0.250 e. The number of hydrogen-bond acceptors (Lipinski definition) is 5. The van der Waals surface area contributed by atoms with Gasteiger partial charge in [-0.25, -0.2) is 0 Å². The molecule has 0 aliphatic rings. The number of anilines is 2. The second-order valence-corrected chi connectivity index (χ2v) is 5.36. The van der Waals surface area contributed by atoms with Gasteiger partial charge in [-0.15, -0.1) is 10.2 Å². The van der Waals surface area contributed by atoms with E-state index < -0.39 is 0 Å². The number of fused-ring (bicyclic) bond motifs is 1. The van der Waals surface area contributed by atoms with Gasteiger partial charge in [-0.2, -0.15) is 5.10 Å². The van der Waals surface area contributed by atoms with Crippen molar-refractivity contribution in [1.29, 1.82) is 0 Å². The van der Waals surface area contributed by atoms with Gasteiger partial charge in [-0.1, -0.05) is 0 Å². The first-order valence-corrected chi connectivity index (χ1v) is 7.56. The Morgan fingerprint density at radius 1 is 1.21 bits per heavy atom. The molecule has 0 aliphatic heterocycles. The number of aromatic nitrogens is 6. The number of H-pyrrole nitrogens is 2. The largest absolute Gasteiger partial charge is 0.324 e. The van der Waals surface area contributed by atoms with E-state index in [4.69, 9.17) is 0 Å². The third-order valence-electron chi connectivity index (χ3n) is 3.79. The number of pyridine rings is 1. The summed E-state index contributed by atoms with van der Waals surface area (Å²) in [5.41, 5.74) is 2.63. The lowest BCUT2D eigenvalue weighted by Crippen LogP contribution is -2.17. The summed E-state index contributed by atoms with van der Waals surface area (Å²) in [6.45, 7) is 2.53. The lowest BCUT2D eigenvalue weighted by Gasteiger charge is -2.03. The van der Waals surface area contributed by atoms with Gasteiger partial charge in [0.15, 0.2) is 5.82 Å². The summed E-state index contributed by atoms with van der Waals surface area (Å²) in [6.07, 6.45) is 3.53. The minimum absolute atomic E-state index is 0.0347. The molecule has 3 heterocycles. The van der Waals surface area contributed by atoms with E-state index >= 15 is 0 Å². The number of nitrogens with one attached hydrogen (secondary N) is 3. The third kappa shape index (κ3) is 2.54. The van der Waals surface area contributed by atoms with Crippen molar-refractivity contribution in [2.45, 2.75) is 13.5 Å². The molecule has 120 valence electrons. The zero-order valence-electron chi connectivity index (χ0n) is 12.9. The molecule has 24 heavy (non-hydrogen) atoms. The van der Waals surface area contributed by atoms with Crippen LogP contribution in [0.3, 0.4) is 0 Å². The number of aryl methyl sites for hydroxylation is 1. The molecule has 0 fully saturated rings. The zero-order valence-corrected chi connectivity index (χ0v) is 12.9. The van der Waals surface area contributed by atoms with Gasteiger partial charge in [0.05, 0.1) is 11.7 Å². The second-order valence-electron chi connectivity index (χ2n) is 5.36. The lowest BCUT2D eigenvalue weighted by molar-refractivity contribution is 0.728. The molecule has 0 saturated heterocycles. The van der Waals surface area contributed by atoms with Crippen molar-refractivity contribution in [3.63, 3.8) is 0 Å². The van der Waals surface area contributed by atoms with Gasteiger partial charge in [-0.3, -0.25) is 9.89 Å². The van der Waals surface area contributed by atoms with Crippen LogP contribution in [0.25, 0.3) is 22.3 Å². The molecule has 0 bridgehead atoms. The first-order valence-electron chi connectivity index (χ1n) is 7.56. The molecule has 0 atom stereocenters.